The third-order valence-electron chi connectivity index (χ3n) is 4.34. The highest BCUT2D eigenvalue weighted by Crippen LogP contribution is 2.24. The van der Waals surface area contributed by atoms with Gasteiger partial charge in [-0.3, -0.25) is 0 Å². The molecule has 154 valence electrons. The lowest BCUT2D eigenvalue weighted by Crippen LogP contribution is -2.30. The smallest absolute Gasteiger partial charge is 0.197 e. The summed E-state index contributed by atoms with van der Waals surface area (Å²) in [6, 6.07) is 8.13. The molecule has 0 atom stereocenters. The molecule has 0 amide bonds. The number of ether oxygens (including phenoxy) is 1. The second-order valence-electron chi connectivity index (χ2n) is 6.53. The van der Waals surface area contributed by atoms with Crippen molar-refractivity contribution < 1.29 is 9.13 Å². The molecule has 1 aliphatic heterocycles. The third-order valence-corrected chi connectivity index (χ3v) is 4.34. The molecule has 0 radical (unpaired) electrons. The first kappa shape index (κ1) is 20.9. The molecule has 1 aromatic carbocycles. The van der Waals surface area contributed by atoms with Gasteiger partial charge in [0.25, 0.3) is 0 Å². The van der Waals surface area contributed by atoms with Gasteiger partial charge in [-0.2, -0.15) is 0 Å². The Bertz CT molecular complexity index is 881. The summed E-state index contributed by atoms with van der Waals surface area (Å²) in [5, 5.41) is 6.16. The summed E-state index contributed by atoms with van der Waals surface area (Å²) in [7, 11) is 1.81. The summed E-state index contributed by atoms with van der Waals surface area (Å²) in [6.07, 6.45) is 4.64. The number of rotatable bonds is 5. The van der Waals surface area contributed by atoms with Crippen LogP contribution >= 0.6 is 0 Å². The van der Waals surface area contributed by atoms with Gasteiger partial charge in [-0.15, -0.1) is 0 Å². The van der Waals surface area contributed by atoms with Crippen molar-refractivity contribution in [2.75, 3.05) is 38.7 Å². The first-order chi connectivity index (χ1) is 14.2. The zero-order valence-electron chi connectivity index (χ0n) is 16.9. The van der Waals surface area contributed by atoms with E-state index in [0.717, 1.165) is 56.3 Å². The Balaban J connectivity index is 0.000000343. The van der Waals surface area contributed by atoms with Gasteiger partial charge in [-0.05, 0) is 36.8 Å². The molecule has 7 nitrogen and oxygen atoms in total. The highest BCUT2D eigenvalue weighted by atomic mass is 19.1. The molecule has 0 aliphatic carbocycles. The number of aryl methyl sites for hydroxylation is 1. The van der Waals surface area contributed by atoms with E-state index in [4.69, 9.17) is 4.74 Å². The van der Waals surface area contributed by atoms with Crippen molar-refractivity contribution in [3.05, 3.63) is 48.5 Å². The van der Waals surface area contributed by atoms with Gasteiger partial charge in [0.1, 0.15) is 11.6 Å². The highest BCUT2D eigenvalue weighted by Gasteiger charge is 2.14. The first-order valence-electron chi connectivity index (χ1n) is 9.84. The van der Waals surface area contributed by atoms with Gasteiger partial charge in [-0.25, -0.2) is 19.3 Å². The molecule has 1 fully saturated rings. The Morgan fingerprint density at radius 2 is 1.90 bits per heavy atom. The number of imidazole rings is 1. The summed E-state index contributed by atoms with van der Waals surface area (Å²) in [5.74, 6) is 1.76. The normalized spacial score (nSPS) is 13.5. The van der Waals surface area contributed by atoms with Crippen LogP contribution in [-0.2, 0) is 11.3 Å². The van der Waals surface area contributed by atoms with Gasteiger partial charge in [-0.1, -0.05) is 6.92 Å². The van der Waals surface area contributed by atoms with Gasteiger partial charge in [0.2, 0.25) is 0 Å². The van der Waals surface area contributed by atoms with Gasteiger partial charge < -0.3 is 19.9 Å². The summed E-state index contributed by atoms with van der Waals surface area (Å²) in [5.41, 5.74) is 1.65. The predicted molar refractivity (Wildman–Crippen MR) is 112 cm³/mol. The Hall–Kier alpha value is -2.84. The van der Waals surface area contributed by atoms with Crippen LogP contribution in [0.15, 0.2) is 42.7 Å². The number of nitrogens with zero attached hydrogens (tertiary/aromatic N) is 4. The first-order valence-corrected chi connectivity index (χ1v) is 9.84. The van der Waals surface area contributed by atoms with Crippen LogP contribution in [0.4, 0.5) is 10.2 Å². The van der Waals surface area contributed by atoms with E-state index < -0.39 is 0 Å². The van der Waals surface area contributed by atoms with E-state index >= 15 is 0 Å². The fraction of sp³-hybridized carbons (Fsp3) is 0.381. The van der Waals surface area contributed by atoms with Crippen molar-refractivity contribution in [2.24, 2.45) is 0 Å². The molecule has 0 saturated carbocycles. The Labute approximate surface area is 170 Å². The van der Waals surface area contributed by atoms with Crippen LogP contribution in [0.25, 0.3) is 22.9 Å². The fourth-order valence-electron chi connectivity index (χ4n) is 2.89. The Kier molecular flexibility index (Phi) is 7.66. The second-order valence-corrected chi connectivity index (χ2v) is 6.53. The lowest BCUT2D eigenvalue weighted by Gasteiger charge is -2.10. The van der Waals surface area contributed by atoms with Crippen LogP contribution in [-0.4, -0.2) is 52.9 Å². The molecule has 0 unspecified atom stereocenters. The zero-order valence-corrected chi connectivity index (χ0v) is 16.9. The topological polar surface area (TPSA) is 76.9 Å². The molecular formula is C21H27FN6O. The van der Waals surface area contributed by atoms with Gasteiger partial charge in [0.15, 0.2) is 11.6 Å². The van der Waals surface area contributed by atoms with Gasteiger partial charge >= 0.3 is 0 Å². The Morgan fingerprint density at radius 1 is 1.14 bits per heavy atom. The maximum absolute atomic E-state index is 13.1. The van der Waals surface area contributed by atoms with Crippen molar-refractivity contribution in [3.63, 3.8) is 0 Å². The Morgan fingerprint density at radius 3 is 2.48 bits per heavy atom. The number of benzene rings is 1. The van der Waals surface area contributed by atoms with Crippen molar-refractivity contribution in [1.82, 2.24) is 24.8 Å². The van der Waals surface area contributed by atoms with Gasteiger partial charge in [0.05, 0.1) is 18.9 Å². The third kappa shape index (κ3) is 5.82. The maximum Gasteiger partial charge on any atom is 0.197 e. The maximum atomic E-state index is 13.1. The summed E-state index contributed by atoms with van der Waals surface area (Å²) >= 11 is 0. The van der Waals surface area contributed by atoms with Crippen molar-refractivity contribution in [3.8, 4) is 22.9 Å². The summed E-state index contributed by atoms with van der Waals surface area (Å²) < 4.78 is 20.1. The minimum absolute atomic E-state index is 0.257. The number of morpholine rings is 1. The average molecular weight is 398 g/mol. The van der Waals surface area contributed by atoms with Crippen LogP contribution in [0.3, 0.4) is 0 Å². The summed E-state index contributed by atoms with van der Waals surface area (Å²) in [6.45, 7) is 6.75. The predicted octanol–water partition coefficient (Wildman–Crippen LogP) is 3.20. The summed E-state index contributed by atoms with van der Waals surface area (Å²) in [4.78, 5) is 13.4. The van der Waals surface area contributed by atoms with E-state index in [9.17, 15) is 4.39 Å². The van der Waals surface area contributed by atoms with E-state index in [1.54, 1.807) is 24.4 Å². The molecule has 1 aliphatic rings. The van der Waals surface area contributed by atoms with E-state index in [-0.39, 0.29) is 5.82 Å². The van der Waals surface area contributed by atoms with E-state index in [2.05, 4.69) is 32.5 Å². The number of hydrogen-bond acceptors (Lipinski definition) is 6. The van der Waals surface area contributed by atoms with E-state index in [0.29, 0.717) is 11.6 Å². The molecule has 0 spiro atoms. The minimum Gasteiger partial charge on any atom is -0.379 e. The largest absolute Gasteiger partial charge is 0.379 e. The highest BCUT2D eigenvalue weighted by molar-refractivity contribution is 5.62. The molecule has 8 heteroatoms. The SMILES string of the molecule is C1COCCN1.CCCn1cc(-c2ccc(F)cc2)nc1-c1nccc(NC)n1. The molecule has 29 heavy (non-hydrogen) atoms. The number of hydrogen-bond donors (Lipinski definition) is 2. The standard InChI is InChI=1S/C17H18FN5.C4H9NO/c1-3-10-23-11-14(12-4-6-13(18)7-5-12)21-17(23)16-20-9-8-15(19-2)22-16;1-3-6-4-2-5-1/h4-9,11H,3,10H2,1-2H3,(H,19,20,22);5H,1-4H2. The molecule has 0 bridgehead atoms. The van der Waals surface area contributed by atoms with Crippen molar-refractivity contribution in [1.29, 1.82) is 0 Å². The average Bonchev–Trinajstić information content (AvgIpc) is 3.20. The lowest BCUT2D eigenvalue weighted by molar-refractivity contribution is 0.109. The number of aromatic nitrogens is 4. The van der Waals surface area contributed by atoms with Crippen molar-refractivity contribution in [2.45, 2.75) is 19.9 Å². The second kappa shape index (κ2) is 10.6. The molecule has 1 saturated heterocycles. The molecule has 3 heterocycles. The molecule has 4 rings (SSSR count). The van der Waals surface area contributed by atoms with E-state index in [1.165, 1.54) is 12.1 Å². The van der Waals surface area contributed by atoms with Crippen LogP contribution in [0.1, 0.15) is 13.3 Å². The quantitative estimate of drug-likeness (QED) is 0.687. The van der Waals surface area contributed by atoms with Crippen LogP contribution in [0.5, 0.6) is 0 Å². The van der Waals surface area contributed by atoms with Crippen molar-refractivity contribution >= 4 is 5.82 Å². The molecular weight excluding hydrogens is 371 g/mol. The van der Waals surface area contributed by atoms with E-state index in [1.807, 2.05) is 17.8 Å². The molecule has 3 aromatic rings. The van der Waals surface area contributed by atoms with Crippen LogP contribution in [0, 0.1) is 5.82 Å². The number of anilines is 1. The molecule has 2 N–H and O–H groups in total. The monoisotopic (exact) mass is 398 g/mol. The fourth-order valence-corrected chi connectivity index (χ4v) is 2.89. The zero-order chi connectivity index (χ0) is 20.5. The minimum atomic E-state index is -0.257. The van der Waals surface area contributed by atoms with Gasteiger partial charge in [0, 0.05) is 44.6 Å². The number of nitrogens with one attached hydrogen (secondary N) is 2. The number of halogens is 1. The van der Waals surface area contributed by atoms with Crippen LogP contribution in [0.2, 0.25) is 0 Å². The lowest BCUT2D eigenvalue weighted by atomic mass is 10.2. The molecule has 2 aromatic heterocycles. The van der Waals surface area contributed by atoms with Crippen LogP contribution < -0.4 is 10.6 Å².